The predicted molar refractivity (Wildman–Crippen MR) is 94.5 cm³/mol. The number of alkyl carbamates (subject to hydrolysis) is 1. The second kappa shape index (κ2) is 8.39. The molecule has 0 aliphatic carbocycles. The van der Waals surface area contributed by atoms with Gasteiger partial charge in [0.15, 0.2) is 0 Å². The minimum absolute atomic E-state index is 0.125. The van der Waals surface area contributed by atoms with E-state index in [1.807, 2.05) is 20.8 Å². The van der Waals surface area contributed by atoms with Crippen LogP contribution < -0.4 is 10.6 Å². The van der Waals surface area contributed by atoms with Crippen LogP contribution in [-0.4, -0.2) is 28.3 Å². The number of nitrogens with zero attached hydrogens (tertiary/aromatic N) is 1. The number of aryl methyl sites for hydroxylation is 1. The van der Waals surface area contributed by atoms with Gasteiger partial charge in [-0.3, -0.25) is 0 Å². The fourth-order valence-corrected chi connectivity index (χ4v) is 2.56. The average Bonchev–Trinajstić information content (AvgIpc) is 2.94. The Morgan fingerprint density at radius 1 is 1.22 bits per heavy atom. The summed E-state index contributed by atoms with van der Waals surface area (Å²) in [6.07, 6.45) is 3.61. The SMILES string of the molecule is CCn1cccc1CNC(CC)(CC)CNC(=O)OC(C)(C)C. The largest absolute Gasteiger partial charge is 0.444 e. The summed E-state index contributed by atoms with van der Waals surface area (Å²) >= 11 is 0. The molecule has 1 rings (SSSR count). The van der Waals surface area contributed by atoms with Gasteiger partial charge in [-0.25, -0.2) is 4.79 Å². The summed E-state index contributed by atoms with van der Waals surface area (Å²) in [6.45, 7) is 14.4. The number of rotatable bonds is 8. The van der Waals surface area contributed by atoms with Gasteiger partial charge in [-0.2, -0.15) is 0 Å². The lowest BCUT2D eigenvalue weighted by atomic mass is 9.92. The Hall–Kier alpha value is -1.49. The average molecular weight is 323 g/mol. The van der Waals surface area contributed by atoms with Gasteiger partial charge in [0.05, 0.1) is 0 Å². The van der Waals surface area contributed by atoms with Gasteiger partial charge in [0, 0.05) is 37.1 Å². The molecule has 0 saturated heterocycles. The second-order valence-electron chi connectivity index (χ2n) is 6.98. The Labute approximate surface area is 140 Å². The topological polar surface area (TPSA) is 55.3 Å². The van der Waals surface area contributed by atoms with E-state index in [2.05, 4.69) is 54.3 Å². The summed E-state index contributed by atoms with van der Waals surface area (Å²) in [7, 11) is 0. The van der Waals surface area contributed by atoms with E-state index in [0.29, 0.717) is 6.54 Å². The molecule has 0 aliphatic heterocycles. The number of ether oxygens (including phenoxy) is 1. The Kier molecular flexibility index (Phi) is 7.13. The maximum absolute atomic E-state index is 11.9. The zero-order chi connectivity index (χ0) is 17.5. The van der Waals surface area contributed by atoms with Crippen molar-refractivity contribution in [3.63, 3.8) is 0 Å². The van der Waals surface area contributed by atoms with Gasteiger partial charge in [-0.05, 0) is 52.7 Å². The summed E-state index contributed by atoms with van der Waals surface area (Å²) in [5, 5.41) is 6.55. The summed E-state index contributed by atoms with van der Waals surface area (Å²) in [5.74, 6) is 0. The summed E-state index contributed by atoms with van der Waals surface area (Å²) in [4.78, 5) is 11.9. The van der Waals surface area contributed by atoms with Crippen LogP contribution in [-0.2, 0) is 17.8 Å². The van der Waals surface area contributed by atoms with Crippen molar-refractivity contribution in [3.05, 3.63) is 24.0 Å². The van der Waals surface area contributed by atoms with Crippen LogP contribution in [0.5, 0.6) is 0 Å². The van der Waals surface area contributed by atoms with Gasteiger partial charge in [-0.15, -0.1) is 0 Å². The standard InChI is InChI=1S/C18H33N3O2/c1-7-18(8-2,14-19-16(22)23-17(4,5)6)20-13-15-11-10-12-21(15)9-3/h10-12,20H,7-9,13-14H2,1-6H3,(H,19,22). The lowest BCUT2D eigenvalue weighted by molar-refractivity contribution is 0.0507. The highest BCUT2D eigenvalue weighted by Crippen LogP contribution is 2.16. The van der Waals surface area contributed by atoms with Crippen molar-refractivity contribution in [2.45, 2.75) is 78.6 Å². The van der Waals surface area contributed by atoms with E-state index >= 15 is 0 Å². The van der Waals surface area contributed by atoms with Crippen LogP contribution in [0.2, 0.25) is 0 Å². The molecule has 132 valence electrons. The van der Waals surface area contributed by atoms with E-state index in [9.17, 15) is 4.79 Å². The van der Waals surface area contributed by atoms with Gasteiger partial charge in [0.1, 0.15) is 5.60 Å². The van der Waals surface area contributed by atoms with Crippen LogP contribution in [0.15, 0.2) is 18.3 Å². The highest BCUT2D eigenvalue weighted by Gasteiger charge is 2.27. The van der Waals surface area contributed by atoms with Crippen molar-refractivity contribution >= 4 is 6.09 Å². The Morgan fingerprint density at radius 3 is 2.39 bits per heavy atom. The molecule has 1 aromatic rings. The van der Waals surface area contributed by atoms with Crippen molar-refractivity contribution < 1.29 is 9.53 Å². The van der Waals surface area contributed by atoms with Gasteiger partial charge in [0.2, 0.25) is 0 Å². The molecule has 23 heavy (non-hydrogen) atoms. The van der Waals surface area contributed by atoms with Gasteiger partial charge >= 0.3 is 6.09 Å². The quantitative estimate of drug-likeness (QED) is 0.767. The zero-order valence-electron chi connectivity index (χ0n) is 15.5. The van der Waals surface area contributed by atoms with Crippen LogP contribution >= 0.6 is 0 Å². The number of carbonyl (C=O) groups is 1. The number of hydrogen-bond acceptors (Lipinski definition) is 3. The fraction of sp³-hybridized carbons (Fsp3) is 0.722. The summed E-state index contributed by atoms with van der Waals surface area (Å²) in [6, 6.07) is 4.20. The van der Waals surface area contributed by atoms with Crippen LogP contribution in [0.25, 0.3) is 0 Å². The monoisotopic (exact) mass is 323 g/mol. The molecule has 1 heterocycles. The maximum atomic E-state index is 11.9. The summed E-state index contributed by atoms with van der Waals surface area (Å²) in [5.41, 5.74) is 0.663. The first-order valence-electron chi connectivity index (χ1n) is 8.61. The fourth-order valence-electron chi connectivity index (χ4n) is 2.56. The predicted octanol–water partition coefficient (Wildman–Crippen LogP) is 3.68. The maximum Gasteiger partial charge on any atom is 0.407 e. The molecular formula is C18H33N3O2. The highest BCUT2D eigenvalue weighted by atomic mass is 16.6. The van der Waals surface area contributed by atoms with E-state index in [1.165, 1.54) is 5.69 Å². The Bertz CT molecular complexity index is 485. The molecule has 0 unspecified atom stereocenters. The number of carbonyl (C=O) groups excluding carboxylic acids is 1. The molecule has 0 radical (unpaired) electrons. The van der Waals surface area contributed by atoms with E-state index in [4.69, 9.17) is 4.74 Å². The molecule has 0 aromatic carbocycles. The summed E-state index contributed by atoms with van der Waals surface area (Å²) < 4.78 is 7.55. The van der Waals surface area contributed by atoms with Crippen molar-refractivity contribution in [1.29, 1.82) is 0 Å². The van der Waals surface area contributed by atoms with E-state index < -0.39 is 5.60 Å². The molecular weight excluding hydrogens is 290 g/mol. The van der Waals surface area contributed by atoms with Crippen LogP contribution in [0, 0.1) is 0 Å². The molecule has 0 atom stereocenters. The van der Waals surface area contributed by atoms with Crippen molar-refractivity contribution in [2.24, 2.45) is 0 Å². The van der Waals surface area contributed by atoms with Crippen molar-refractivity contribution in [3.8, 4) is 0 Å². The number of hydrogen-bond donors (Lipinski definition) is 2. The smallest absolute Gasteiger partial charge is 0.407 e. The van der Waals surface area contributed by atoms with Gasteiger partial charge in [0.25, 0.3) is 0 Å². The van der Waals surface area contributed by atoms with Gasteiger partial charge < -0.3 is 19.9 Å². The molecule has 0 spiro atoms. The second-order valence-corrected chi connectivity index (χ2v) is 6.98. The van der Waals surface area contributed by atoms with E-state index in [-0.39, 0.29) is 11.6 Å². The molecule has 5 heteroatoms. The molecule has 1 amide bonds. The van der Waals surface area contributed by atoms with Crippen LogP contribution in [0.3, 0.4) is 0 Å². The first-order chi connectivity index (χ1) is 10.7. The van der Waals surface area contributed by atoms with Crippen LogP contribution in [0.1, 0.15) is 60.1 Å². The molecule has 1 aromatic heterocycles. The third-order valence-corrected chi connectivity index (χ3v) is 4.23. The molecule has 2 N–H and O–H groups in total. The first-order valence-corrected chi connectivity index (χ1v) is 8.61. The minimum atomic E-state index is -0.472. The third kappa shape index (κ3) is 6.26. The van der Waals surface area contributed by atoms with Crippen LogP contribution in [0.4, 0.5) is 4.79 Å². The molecule has 0 aliphatic rings. The molecule has 0 saturated carbocycles. The molecule has 0 bridgehead atoms. The number of amides is 1. The van der Waals surface area contributed by atoms with Crippen molar-refractivity contribution in [2.75, 3.05) is 6.54 Å². The lowest BCUT2D eigenvalue weighted by Gasteiger charge is -2.34. The third-order valence-electron chi connectivity index (χ3n) is 4.23. The molecule has 0 fully saturated rings. The highest BCUT2D eigenvalue weighted by molar-refractivity contribution is 5.67. The van der Waals surface area contributed by atoms with E-state index in [1.54, 1.807) is 0 Å². The zero-order valence-corrected chi connectivity index (χ0v) is 15.5. The Morgan fingerprint density at radius 2 is 1.87 bits per heavy atom. The first kappa shape index (κ1) is 19.6. The normalized spacial score (nSPS) is 12.3. The van der Waals surface area contributed by atoms with Gasteiger partial charge in [-0.1, -0.05) is 13.8 Å². The lowest BCUT2D eigenvalue weighted by Crippen LogP contribution is -2.53. The van der Waals surface area contributed by atoms with Crippen molar-refractivity contribution in [1.82, 2.24) is 15.2 Å². The Balaban J connectivity index is 2.62. The van der Waals surface area contributed by atoms with E-state index in [0.717, 1.165) is 25.9 Å². The molecule has 5 nitrogen and oxygen atoms in total. The number of aromatic nitrogens is 1. The minimum Gasteiger partial charge on any atom is -0.444 e. The number of nitrogens with one attached hydrogen (secondary N) is 2.